The third-order valence-corrected chi connectivity index (χ3v) is 4.63. The minimum absolute atomic E-state index is 0.197. The van der Waals surface area contributed by atoms with E-state index in [4.69, 9.17) is 0 Å². The van der Waals surface area contributed by atoms with Crippen LogP contribution in [0.15, 0.2) is 59.5 Å². The molecule has 0 saturated carbocycles. The van der Waals surface area contributed by atoms with Crippen LogP contribution in [0.4, 0.5) is 8.78 Å². The summed E-state index contributed by atoms with van der Waals surface area (Å²) in [7, 11) is 0. The first-order valence-corrected chi connectivity index (χ1v) is 9.15. The van der Waals surface area contributed by atoms with Gasteiger partial charge in [-0.3, -0.25) is 9.59 Å². The highest BCUT2D eigenvalue weighted by Gasteiger charge is 2.16. The number of hydrogen-bond acceptors (Lipinski definition) is 4. The Morgan fingerprint density at radius 3 is 2.33 bits per heavy atom. The second kappa shape index (κ2) is 7.86. The first-order valence-electron chi connectivity index (χ1n) is 9.15. The molecule has 9 heteroatoms. The van der Waals surface area contributed by atoms with Gasteiger partial charge in [0.25, 0.3) is 5.56 Å². The largest absolute Gasteiger partial charge is 0.350 e. The highest BCUT2D eigenvalue weighted by atomic mass is 19.1. The van der Waals surface area contributed by atoms with Crippen LogP contribution < -0.4 is 10.9 Å². The van der Waals surface area contributed by atoms with Crippen molar-refractivity contribution in [1.82, 2.24) is 24.9 Å². The van der Waals surface area contributed by atoms with E-state index in [1.165, 1.54) is 47.3 Å². The average molecular weight is 409 g/mol. The maximum absolute atomic E-state index is 13.2. The molecule has 30 heavy (non-hydrogen) atoms. The van der Waals surface area contributed by atoms with Crippen LogP contribution in [0, 0.1) is 18.6 Å². The topological polar surface area (TPSA) is 81.8 Å². The van der Waals surface area contributed by atoms with E-state index in [-0.39, 0.29) is 24.4 Å². The Labute approximate surface area is 169 Å². The van der Waals surface area contributed by atoms with Crippen molar-refractivity contribution in [2.24, 2.45) is 0 Å². The van der Waals surface area contributed by atoms with Gasteiger partial charge in [0.1, 0.15) is 23.7 Å². The molecule has 1 N–H and O–H groups in total. The molecule has 0 unspecified atom stereocenters. The van der Waals surface area contributed by atoms with Gasteiger partial charge in [0, 0.05) is 11.9 Å². The lowest BCUT2D eigenvalue weighted by atomic mass is 10.2. The van der Waals surface area contributed by atoms with Gasteiger partial charge in [-0.25, -0.2) is 18.1 Å². The molecular weight excluding hydrogens is 392 g/mol. The van der Waals surface area contributed by atoms with Gasteiger partial charge in [0.05, 0.1) is 17.6 Å². The normalized spacial score (nSPS) is 11.0. The van der Waals surface area contributed by atoms with Crippen molar-refractivity contribution in [2.45, 2.75) is 20.0 Å². The number of nitrogens with zero attached hydrogens (tertiary/aromatic N) is 4. The van der Waals surface area contributed by atoms with Crippen molar-refractivity contribution in [3.05, 3.63) is 88.0 Å². The molecule has 4 aromatic rings. The number of benzene rings is 2. The molecule has 2 aromatic heterocycles. The third-order valence-electron chi connectivity index (χ3n) is 4.63. The summed E-state index contributed by atoms with van der Waals surface area (Å²) >= 11 is 0. The zero-order valence-electron chi connectivity index (χ0n) is 16.0. The fourth-order valence-corrected chi connectivity index (χ4v) is 3.10. The Kier molecular flexibility index (Phi) is 5.09. The molecule has 0 aliphatic rings. The summed E-state index contributed by atoms with van der Waals surface area (Å²) in [6.45, 7) is 1.62. The summed E-state index contributed by atoms with van der Waals surface area (Å²) in [4.78, 5) is 25.3. The molecule has 0 fully saturated rings. The lowest BCUT2D eigenvalue weighted by Crippen LogP contribution is -2.34. The molecule has 2 heterocycles. The molecule has 1 amide bonds. The standard InChI is InChI=1S/C21H17F2N5O2/c1-13-18-11-25-28(17-8-6-16(23)7-9-17)20(18)21(30)27(26-13)12-19(29)24-10-14-2-4-15(22)5-3-14/h2-9,11H,10,12H2,1H3,(H,24,29). The maximum Gasteiger partial charge on any atom is 0.293 e. The van der Waals surface area contributed by atoms with E-state index in [0.29, 0.717) is 16.8 Å². The molecule has 152 valence electrons. The Bertz CT molecular complexity index is 1280. The fourth-order valence-electron chi connectivity index (χ4n) is 3.10. The number of nitrogens with one attached hydrogen (secondary N) is 1. The summed E-state index contributed by atoms with van der Waals surface area (Å²) in [5, 5.41) is 11.7. The van der Waals surface area contributed by atoms with Gasteiger partial charge in [-0.2, -0.15) is 10.2 Å². The van der Waals surface area contributed by atoms with Gasteiger partial charge in [-0.05, 0) is 48.9 Å². The SMILES string of the molecule is Cc1nn(CC(=O)NCc2ccc(F)cc2)c(=O)c2c1cnn2-c1ccc(F)cc1. The van der Waals surface area contributed by atoms with Crippen molar-refractivity contribution >= 4 is 16.8 Å². The number of amides is 1. The van der Waals surface area contributed by atoms with Crippen molar-refractivity contribution in [3.63, 3.8) is 0 Å². The number of aryl methyl sites for hydroxylation is 1. The van der Waals surface area contributed by atoms with Gasteiger partial charge < -0.3 is 5.32 Å². The van der Waals surface area contributed by atoms with E-state index in [0.717, 1.165) is 10.2 Å². The van der Waals surface area contributed by atoms with Gasteiger partial charge in [0.15, 0.2) is 0 Å². The van der Waals surface area contributed by atoms with Crippen LogP contribution in [-0.2, 0) is 17.9 Å². The molecule has 4 rings (SSSR count). The van der Waals surface area contributed by atoms with Gasteiger partial charge >= 0.3 is 0 Å². The van der Waals surface area contributed by atoms with Crippen LogP contribution in [0.5, 0.6) is 0 Å². The van der Waals surface area contributed by atoms with E-state index in [1.807, 2.05) is 0 Å². The molecular formula is C21H17F2N5O2. The summed E-state index contributed by atoms with van der Waals surface area (Å²) in [5.74, 6) is -1.17. The molecule has 0 aliphatic heterocycles. The van der Waals surface area contributed by atoms with E-state index in [2.05, 4.69) is 15.5 Å². The highest BCUT2D eigenvalue weighted by Crippen LogP contribution is 2.17. The van der Waals surface area contributed by atoms with Crippen molar-refractivity contribution in [2.75, 3.05) is 0 Å². The van der Waals surface area contributed by atoms with E-state index in [1.54, 1.807) is 19.1 Å². The smallest absolute Gasteiger partial charge is 0.293 e. The Morgan fingerprint density at radius 1 is 1.03 bits per heavy atom. The quantitative estimate of drug-likeness (QED) is 0.549. The molecule has 0 bridgehead atoms. The first kappa shape index (κ1) is 19.4. The molecule has 7 nitrogen and oxygen atoms in total. The lowest BCUT2D eigenvalue weighted by molar-refractivity contribution is -0.122. The molecule has 0 atom stereocenters. The predicted octanol–water partition coefficient (Wildman–Crippen LogP) is 2.49. The monoisotopic (exact) mass is 409 g/mol. The number of rotatable bonds is 5. The summed E-state index contributed by atoms with van der Waals surface area (Å²) in [6.07, 6.45) is 1.52. The van der Waals surface area contributed by atoms with E-state index < -0.39 is 17.3 Å². The number of carbonyl (C=O) groups is 1. The van der Waals surface area contributed by atoms with Crippen LogP contribution in [0.3, 0.4) is 0 Å². The van der Waals surface area contributed by atoms with E-state index in [9.17, 15) is 18.4 Å². The Morgan fingerprint density at radius 2 is 1.67 bits per heavy atom. The Hall–Kier alpha value is -3.88. The zero-order valence-corrected chi connectivity index (χ0v) is 16.0. The summed E-state index contributed by atoms with van der Waals surface area (Å²) in [6, 6.07) is 11.3. The summed E-state index contributed by atoms with van der Waals surface area (Å²) < 4.78 is 28.7. The van der Waals surface area contributed by atoms with Gasteiger partial charge in [-0.1, -0.05) is 12.1 Å². The third kappa shape index (κ3) is 3.82. The lowest BCUT2D eigenvalue weighted by Gasteiger charge is -2.09. The second-order valence-corrected chi connectivity index (χ2v) is 6.75. The second-order valence-electron chi connectivity index (χ2n) is 6.75. The number of aromatic nitrogens is 4. The number of fused-ring (bicyclic) bond motifs is 1. The summed E-state index contributed by atoms with van der Waals surface area (Å²) in [5.41, 5.74) is 1.53. The predicted molar refractivity (Wildman–Crippen MR) is 106 cm³/mol. The number of carbonyl (C=O) groups excluding carboxylic acids is 1. The molecule has 0 radical (unpaired) electrons. The van der Waals surface area contributed by atoms with E-state index >= 15 is 0 Å². The van der Waals surface area contributed by atoms with Gasteiger partial charge in [-0.15, -0.1) is 0 Å². The Balaban J connectivity index is 1.61. The fraction of sp³-hybridized carbons (Fsp3) is 0.143. The van der Waals surface area contributed by atoms with Crippen LogP contribution in [0.1, 0.15) is 11.3 Å². The molecule has 0 aliphatic carbocycles. The first-order chi connectivity index (χ1) is 14.4. The highest BCUT2D eigenvalue weighted by molar-refractivity contribution is 5.82. The van der Waals surface area contributed by atoms with Crippen LogP contribution in [-0.4, -0.2) is 25.5 Å². The number of hydrogen-bond donors (Lipinski definition) is 1. The van der Waals surface area contributed by atoms with Crippen molar-refractivity contribution < 1.29 is 13.6 Å². The molecule has 0 spiro atoms. The average Bonchev–Trinajstić information content (AvgIpc) is 3.18. The van der Waals surface area contributed by atoms with Crippen LogP contribution >= 0.6 is 0 Å². The zero-order chi connectivity index (χ0) is 21.3. The minimum Gasteiger partial charge on any atom is -0.350 e. The van der Waals surface area contributed by atoms with Crippen LogP contribution in [0.25, 0.3) is 16.6 Å². The van der Waals surface area contributed by atoms with Crippen molar-refractivity contribution in [1.29, 1.82) is 0 Å². The molecule has 0 saturated heterocycles. The minimum atomic E-state index is -0.491. The maximum atomic E-state index is 13.2. The van der Waals surface area contributed by atoms with Crippen LogP contribution in [0.2, 0.25) is 0 Å². The molecule has 2 aromatic carbocycles. The van der Waals surface area contributed by atoms with Gasteiger partial charge in [0.2, 0.25) is 5.91 Å². The number of halogens is 2. The van der Waals surface area contributed by atoms with Crippen molar-refractivity contribution in [3.8, 4) is 5.69 Å².